The van der Waals surface area contributed by atoms with E-state index in [9.17, 15) is 9.18 Å². The monoisotopic (exact) mass is 151 g/mol. The summed E-state index contributed by atoms with van der Waals surface area (Å²) in [5, 5.41) is 2.44. The highest BCUT2D eigenvalue weighted by Gasteiger charge is 1.92. The average Bonchev–Trinajstić information content (AvgIpc) is 2.04. The largest absolute Gasteiger partial charge is 0.372 e. The number of likely N-dealkylation sites (N-methyl/N-ethyl adjacent to an activating group) is 1. The maximum atomic E-state index is 10.3. The molecule has 0 aliphatic rings. The van der Waals surface area contributed by atoms with Crippen LogP contribution in [0.15, 0.2) is 0 Å². The molecule has 0 rings (SSSR count). The average molecular weight is 151 g/mol. The van der Waals surface area contributed by atoms with Crippen molar-refractivity contribution in [3.8, 4) is 0 Å². The molecule has 0 aromatic carbocycles. The third kappa shape index (κ3) is 10.4. The summed E-state index contributed by atoms with van der Waals surface area (Å²) in [4.78, 5) is 10.3. The zero-order chi connectivity index (χ0) is 8.41. The van der Waals surface area contributed by atoms with Crippen LogP contribution in [0.1, 0.15) is 6.92 Å². The number of hydrogen-bond acceptors (Lipinski definition) is 2. The summed E-state index contributed by atoms with van der Waals surface area (Å²) in [5.74, 6) is -0.0770. The van der Waals surface area contributed by atoms with Crippen molar-refractivity contribution in [2.24, 2.45) is 0 Å². The zero-order valence-corrected chi connectivity index (χ0v) is 6.61. The highest BCUT2D eigenvalue weighted by atomic mass is 19.1. The van der Waals surface area contributed by atoms with Crippen molar-refractivity contribution in [3.63, 3.8) is 0 Å². The summed E-state index contributed by atoms with van der Waals surface area (Å²) < 4.78 is 14.3. The Morgan fingerprint density at radius 2 is 2.10 bits per heavy atom. The maximum absolute atomic E-state index is 10.3. The SMILES string of the molecule is CCOCC(=O)NC.CF. The molecule has 0 aromatic heterocycles. The lowest BCUT2D eigenvalue weighted by molar-refractivity contribution is -0.125. The summed E-state index contributed by atoms with van der Waals surface area (Å²) in [6.45, 7) is 2.61. The van der Waals surface area contributed by atoms with Gasteiger partial charge in [0, 0.05) is 13.7 Å². The van der Waals surface area contributed by atoms with Gasteiger partial charge in [-0.25, -0.2) is 0 Å². The number of amides is 1. The van der Waals surface area contributed by atoms with Crippen LogP contribution in [0.4, 0.5) is 4.39 Å². The number of halogens is 1. The standard InChI is InChI=1S/C5H11NO2.CH3F/c1-3-8-4-5(7)6-2;1-2/h3-4H2,1-2H3,(H,6,7);1H3. The van der Waals surface area contributed by atoms with Gasteiger partial charge in [-0.05, 0) is 6.92 Å². The predicted molar refractivity (Wildman–Crippen MR) is 37.6 cm³/mol. The normalized spacial score (nSPS) is 7.60. The Labute approximate surface area is 60.6 Å². The summed E-state index contributed by atoms with van der Waals surface area (Å²) in [6.07, 6.45) is 0. The first-order chi connectivity index (χ1) is 4.81. The van der Waals surface area contributed by atoms with Gasteiger partial charge in [0.2, 0.25) is 5.91 Å². The highest BCUT2D eigenvalue weighted by Crippen LogP contribution is 1.70. The van der Waals surface area contributed by atoms with E-state index < -0.39 is 0 Å². The number of carbonyl (C=O) groups excluding carboxylic acids is 1. The summed E-state index contributed by atoms with van der Waals surface area (Å²) >= 11 is 0. The molecule has 10 heavy (non-hydrogen) atoms. The van der Waals surface area contributed by atoms with E-state index in [1.54, 1.807) is 7.05 Å². The van der Waals surface area contributed by atoms with Crippen LogP contribution in [0.3, 0.4) is 0 Å². The van der Waals surface area contributed by atoms with E-state index in [0.29, 0.717) is 13.8 Å². The Hall–Kier alpha value is -0.640. The fraction of sp³-hybridized carbons (Fsp3) is 0.833. The molecule has 0 saturated carbocycles. The molecule has 0 heterocycles. The first-order valence-electron chi connectivity index (χ1n) is 2.97. The number of rotatable bonds is 3. The van der Waals surface area contributed by atoms with Gasteiger partial charge in [-0.3, -0.25) is 9.18 Å². The molecule has 4 heteroatoms. The molecule has 0 aromatic rings. The molecule has 0 bridgehead atoms. The minimum absolute atomic E-state index is 0.0770. The number of ether oxygens (including phenoxy) is 1. The second-order valence-corrected chi connectivity index (χ2v) is 1.31. The van der Waals surface area contributed by atoms with Crippen molar-refractivity contribution in [1.29, 1.82) is 0 Å². The van der Waals surface area contributed by atoms with Gasteiger partial charge >= 0.3 is 0 Å². The molecule has 0 radical (unpaired) electrons. The van der Waals surface area contributed by atoms with Gasteiger partial charge in [0.15, 0.2) is 0 Å². The van der Waals surface area contributed by atoms with Gasteiger partial charge in [-0.2, -0.15) is 0 Å². The number of alkyl halides is 1. The lowest BCUT2D eigenvalue weighted by atomic mass is 10.6. The molecule has 0 atom stereocenters. The minimum atomic E-state index is -0.0770. The van der Waals surface area contributed by atoms with Crippen LogP contribution < -0.4 is 5.32 Å². The Bertz CT molecular complexity index is 78.1. The zero-order valence-electron chi connectivity index (χ0n) is 6.61. The van der Waals surface area contributed by atoms with Crippen LogP contribution >= 0.6 is 0 Å². The molecule has 1 amide bonds. The molecule has 3 nitrogen and oxygen atoms in total. The molecule has 0 aliphatic carbocycles. The molecular weight excluding hydrogens is 137 g/mol. The van der Waals surface area contributed by atoms with Crippen LogP contribution in [-0.2, 0) is 9.53 Å². The van der Waals surface area contributed by atoms with Crippen LogP contribution in [0, 0.1) is 0 Å². The number of hydrogen-bond donors (Lipinski definition) is 1. The minimum Gasteiger partial charge on any atom is -0.372 e. The third-order valence-electron chi connectivity index (χ3n) is 0.716. The van der Waals surface area contributed by atoms with Crippen LogP contribution in [0.2, 0.25) is 0 Å². The molecule has 0 aliphatic heterocycles. The van der Waals surface area contributed by atoms with E-state index in [1.807, 2.05) is 6.92 Å². The van der Waals surface area contributed by atoms with Gasteiger partial charge in [0.05, 0.1) is 7.18 Å². The van der Waals surface area contributed by atoms with E-state index >= 15 is 0 Å². The van der Waals surface area contributed by atoms with Crippen LogP contribution in [0.25, 0.3) is 0 Å². The van der Waals surface area contributed by atoms with Gasteiger partial charge in [-0.1, -0.05) is 0 Å². The first kappa shape index (κ1) is 12.1. The van der Waals surface area contributed by atoms with E-state index in [1.165, 1.54) is 0 Å². The van der Waals surface area contributed by atoms with Crippen LogP contribution in [0.5, 0.6) is 0 Å². The second kappa shape index (κ2) is 11.2. The van der Waals surface area contributed by atoms with Crippen molar-refractivity contribution >= 4 is 5.91 Å². The molecule has 62 valence electrons. The van der Waals surface area contributed by atoms with Crippen molar-refractivity contribution in [2.75, 3.05) is 27.4 Å². The quantitative estimate of drug-likeness (QED) is 0.632. The summed E-state index contributed by atoms with van der Waals surface area (Å²) in [5.41, 5.74) is 0. The fourth-order valence-electron chi connectivity index (χ4n) is 0.267. The molecular formula is C6H14FNO2. The van der Waals surface area contributed by atoms with Gasteiger partial charge in [0.25, 0.3) is 0 Å². The van der Waals surface area contributed by atoms with Crippen molar-refractivity contribution in [2.45, 2.75) is 6.92 Å². The van der Waals surface area contributed by atoms with Gasteiger partial charge in [-0.15, -0.1) is 0 Å². The molecule has 1 N–H and O–H groups in total. The number of nitrogens with one attached hydrogen (secondary N) is 1. The van der Waals surface area contributed by atoms with Gasteiger partial charge < -0.3 is 10.1 Å². The van der Waals surface area contributed by atoms with E-state index in [-0.39, 0.29) is 12.5 Å². The Morgan fingerprint density at radius 1 is 1.60 bits per heavy atom. The Balaban J connectivity index is 0. The molecule has 0 fully saturated rings. The van der Waals surface area contributed by atoms with E-state index in [0.717, 1.165) is 0 Å². The fourth-order valence-corrected chi connectivity index (χ4v) is 0.267. The van der Waals surface area contributed by atoms with E-state index in [2.05, 4.69) is 5.32 Å². The first-order valence-corrected chi connectivity index (χ1v) is 2.97. The van der Waals surface area contributed by atoms with E-state index in [4.69, 9.17) is 4.74 Å². The number of carbonyl (C=O) groups is 1. The highest BCUT2D eigenvalue weighted by molar-refractivity contribution is 5.76. The van der Waals surface area contributed by atoms with Crippen LogP contribution in [-0.4, -0.2) is 33.3 Å². The Morgan fingerprint density at radius 3 is 2.40 bits per heavy atom. The van der Waals surface area contributed by atoms with Gasteiger partial charge in [0.1, 0.15) is 6.61 Å². The van der Waals surface area contributed by atoms with Crippen molar-refractivity contribution in [1.82, 2.24) is 5.32 Å². The topological polar surface area (TPSA) is 38.3 Å². The lowest BCUT2D eigenvalue weighted by Gasteiger charge is -1.96. The predicted octanol–water partition coefficient (Wildman–Crippen LogP) is 0.355. The molecule has 0 unspecified atom stereocenters. The molecule has 0 saturated heterocycles. The molecule has 0 spiro atoms. The lowest BCUT2D eigenvalue weighted by Crippen LogP contribution is -2.23. The smallest absolute Gasteiger partial charge is 0.245 e. The van der Waals surface area contributed by atoms with Crippen molar-refractivity contribution < 1.29 is 13.9 Å². The summed E-state index contributed by atoms with van der Waals surface area (Å²) in [6, 6.07) is 0. The third-order valence-corrected chi connectivity index (χ3v) is 0.716. The Kier molecular flexibility index (Phi) is 13.5. The summed E-state index contributed by atoms with van der Waals surface area (Å²) in [7, 11) is 2.08. The van der Waals surface area contributed by atoms with Crippen molar-refractivity contribution in [3.05, 3.63) is 0 Å². The second-order valence-electron chi connectivity index (χ2n) is 1.31. The maximum Gasteiger partial charge on any atom is 0.245 e.